The van der Waals surface area contributed by atoms with Crippen LogP contribution in [0.5, 0.6) is 5.75 Å². The SMILES string of the molecule is COc1ccccc1N1C(=O)C(O)=C(C(=O)c2cc3cc(Cl)ccc3o2)C1c1ccc(C)o1. The maximum absolute atomic E-state index is 13.6. The van der Waals surface area contributed by atoms with Crippen molar-refractivity contribution in [1.29, 1.82) is 0 Å². The van der Waals surface area contributed by atoms with Crippen molar-refractivity contribution in [3.63, 3.8) is 0 Å². The Kier molecular flexibility index (Phi) is 4.98. The summed E-state index contributed by atoms with van der Waals surface area (Å²) in [6.07, 6.45) is 0. The number of Topliss-reactive ketones (excluding diaryl/α,β-unsaturated/α-hetero) is 1. The van der Waals surface area contributed by atoms with E-state index in [1.165, 1.54) is 18.1 Å². The number of amides is 1. The fourth-order valence-electron chi connectivity index (χ4n) is 4.04. The number of anilines is 1. The van der Waals surface area contributed by atoms with E-state index < -0.39 is 23.5 Å². The number of carbonyl (C=O) groups is 2. The Bertz CT molecular complexity index is 1450. The lowest BCUT2D eigenvalue weighted by atomic mass is 9.99. The Labute approximate surface area is 193 Å². The number of aryl methyl sites for hydroxylation is 1. The van der Waals surface area contributed by atoms with Gasteiger partial charge in [0.15, 0.2) is 11.5 Å². The molecule has 1 aliphatic rings. The van der Waals surface area contributed by atoms with Gasteiger partial charge in [0.05, 0.1) is 18.4 Å². The molecule has 166 valence electrons. The van der Waals surface area contributed by atoms with Crippen molar-refractivity contribution in [3.8, 4) is 5.75 Å². The second kappa shape index (κ2) is 7.86. The van der Waals surface area contributed by atoms with E-state index in [4.69, 9.17) is 25.2 Å². The number of aliphatic hydroxyl groups excluding tert-OH is 1. The molecule has 33 heavy (non-hydrogen) atoms. The molecule has 1 unspecified atom stereocenters. The van der Waals surface area contributed by atoms with Crippen LogP contribution >= 0.6 is 11.6 Å². The van der Waals surface area contributed by atoms with Crippen LogP contribution in [0, 0.1) is 6.92 Å². The van der Waals surface area contributed by atoms with Gasteiger partial charge in [-0.15, -0.1) is 0 Å². The predicted octanol–water partition coefficient (Wildman–Crippen LogP) is 5.78. The topological polar surface area (TPSA) is 93.1 Å². The molecule has 0 radical (unpaired) electrons. The first kappa shape index (κ1) is 20.9. The molecular weight excluding hydrogens is 446 g/mol. The fraction of sp³-hybridized carbons (Fsp3) is 0.120. The molecule has 0 spiro atoms. The molecule has 0 saturated heterocycles. The van der Waals surface area contributed by atoms with Crippen LogP contribution < -0.4 is 9.64 Å². The Morgan fingerprint density at radius 2 is 1.88 bits per heavy atom. The minimum atomic E-state index is -1.02. The normalized spacial score (nSPS) is 16.2. The number of ether oxygens (including phenoxy) is 1. The van der Waals surface area contributed by atoms with Crippen LogP contribution in [0.15, 0.2) is 80.8 Å². The van der Waals surface area contributed by atoms with Crippen LogP contribution in [0.2, 0.25) is 5.02 Å². The van der Waals surface area contributed by atoms with Crippen LogP contribution in [0.1, 0.15) is 28.1 Å². The minimum Gasteiger partial charge on any atom is -0.503 e. The molecule has 3 heterocycles. The van der Waals surface area contributed by atoms with Crippen LogP contribution in [0.25, 0.3) is 11.0 Å². The number of ketones is 1. The second-order valence-corrected chi connectivity index (χ2v) is 8.02. The molecule has 0 fully saturated rings. The zero-order valence-corrected chi connectivity index (χ0v) is 18.4. The van der Waals surface area contributed by atoms with Crippen molar-refractivity contribution in [3.05, 3.63) is 94.3 Å². The first-order valence-corrected chi connectivity index (χ1v) is 10.5. The summed E-state index contributed by atoms with van der Waals surface area (Å²) in [6, 6.07) is 15.7. The van der Waals surface area contributed by atoms with E-state index >= 15 is 0 Å². The number of methoxy groups -OCH3 is 1. The molecule has 0 saturated carbocycles. The van der Waals surface area contributed by atoms with E-state index in [-0.39, 0.29) is 11.3 Å². The number of rotatable bonds is 5. The lowest BCUT2D eigenvalue weighted by molar-refractivity contribution is -0.117. The van der Waals surface area contributed by atoms with Crippen molar-refractivity contribution >= 4 is 39.9 Å². The quantitative estimate of drug-likeness (QED) is 0.377. The van der Waals surface area contributed by atoms with Gasteiger partial charge in [0.1, 0.15) is 28.9 Å². The van der Waals surface area contributed by atoms with Gasteiger partial charge in [0.2, 0.25) is 5.78 Å². The van der Waals surface area contributed by atoms with E-state index in [0.29, 0.717) is 38.9 Å². The van der Waals surface area contributed by atoms with Gasteiger partial charge >= 0.3 is 0 Å². The number of hydrogen-bond acceptors (Lipinski definition) is 6. The molecule has 1 atom stereocenters. The highest BCUT2D eigenvalue weighted by Crippen LogP contribution is 2.45. The minimum absolute atomic E-state index is 0.0308. The van der Waals surface area contributed by atoms with E-state index in [0.717, 1.165) is 0 Å². The number of carbonyl (C=O) groups excluding carboxylic acids is 2. The van der Waals surface area contributed by atoms with Crippen molar-refractivity contribution in [2.24, 2.45) is 0 Å². The number of halogens is 1. The van der Waals surface area contributed by atoms with Crippen molar-refractivity contribution in [2.45, 2.75) is 13.0 Å². The highest BCUT2D eigenvalue weighted by Gasteiger charge is 2.47. The number of nitrogens with zero attached hydrogens (tertiary/aromatic N) is 1. The molecule has 0 aliphatic carbocycles. The fourth-order valence-corrected chi connectivity index (χ4v) is 4.22. The van der Waals surface area contributed by atoms with E-state index in [1.807, 2.05) is 0 Å². The lowest BCUT2D eigenvalue weighted by Crippen LogP contribution is -2.31. The first-order valence-electron chi connectivity index (χ1n) is 10.1. The number of fused-ring (bicyclic) bond motifs is 1. The number of aliphatic hydroxyl groups is 1. The number of benzene rings is 2. The lowest BCUT2D eigenvalue weighted by Gasteiger charge is -2.26. The highest BCUT2D eigenvalue weighted by molar-refractivity contribution is 6.31. The summed E-state index contributed by atoms with van der Waals surface area (Å²) in [5, 5.41) is 12.0. The van der Waals surface area contributed by atoms with Crippen LogP contribution in [-0.2, 0) is 4.79 Å². The van der Waals surface area contributed by atoms with Crippen LogP contribution in [-0.4, -0.2) is 23.9 Å². The summed E-state index contributed by atoms with van der Waals surface area (Å²) in [6.45, 7) is 1.75. The molecule has 2 aromatic heterocycles. The first-order chi connectivity index (χ1) is 15.9. The standard InChI is InChI=1S/C25H18ClNO6/c1-13-7-9-19(32-13)22-21(23(28)20-12-14-11-15(26)8-10-17(14)33-20)24(29)25(30)27(22)16-5-3-4-6-18(16)31-2/h3-12,22,29H,1-2H3. The highest BCUT2D eigenvalue weighted by atomic mass is 35.5. The van der Waals surface area contributed by atoms with Gasteiger partial charge in [-0.2, -0.15) is 0 Å². The maximum Gasteiger partial charge on any atom is 0.294 e. The maximum atomic E-state index is 13.6. The summed E-state index contributed by atoms with van der Waals surface area (Å²) in [4.78, 5) is 28.1. The molecule has 1 amide bonds. The molecule has 0 bridgehead atoms. The van der Waals surface area contributed by atoms with Gasteiger partial charge in [-0.25, -0.2) is 0 Å². The molecule has 8 heteroatoms. The van der Waals surface area contributed by atoms with E-state index in [9.17, 15) is 14.7 Å². The Balaban J connectivity index is 1.67. The second-order valence-electron chi connectivity index (χ2n) is 7.58. The van der Waals surface area contributed by atoms with Crippen molar-refractivity contribution in [2.75, 3.05) is 12.0 Å². The summed E-state index contributed by atoms with van der Waals surface area (Å²) in [7, 11) is 1.48. The van der Waals surface area contributed by atoms with Gasteiger partial charge in [-0.3, -0.25) is 14.5 Å². The summed E-state index contributed by atoms with van der Waals surface area (Å²) in [5.41, 5.74) is 0.694. The van der Waals surface area contributed by atoms with Gasteiger partial charge in [0.25, 0.3) is 5.91 Å². The predicted molar refractivity (Wildman–Crippen MR) is 122 cm³/mol. The van der Waals surface area contributed by atoms with Gasteiger partial charge < -0.3 is 18.7 Å². The molecular formula is C25H18ClNO6. The number of hydrogen-bond donors (Lipinski definition) is 1. The Morgan fingerprint density at radius 3 is 2.61 bits per heavy atom. The molecule has 2 aromatic carbocycles. The largest absolute Gasteiger partial charge is 0.503 e. The van der Waals surface area contributed by atoms with Gasteiger partial charge in [-0.05, 0) is 55.5 Å². The monoisotopic (exact) mass is 463 g/mol. The summed E-state index contributed by atoms with van der Waals surface area (Å²) in [5.74, 6) is -0.780. The number of para-hydroxylation sites is 2. The van der Waals surface area contributed by atoms with Crippen molar-refractivity contribution in [1.82, 2.24) is 0 Å². The van der Waals surface area contributed by atoms with Gasteiger partial charge in [-0.1, -0.05) is 23.7 Å². The zero-order chi connectivity index (χ0) is 23.3. The van der Waals surface area contributed by atoms with Crippen LogP contribution in [0.4, 0.5) is 5.69 Å². The number of furan rings is 2. The smallest absolute Gasteiger partial charge is 0.294 e. The summed E-state index contributed by atoms with van der Waals surface area (Å²) < 4.78 is 16.9. The third-order valence-electron chi connectivity index (χ3n) is 5.53. The van der Waals surface area contributed by atoms with Crippen molar-refractivity contribution < 1.29 is 28.3 Å². The summed E-state index contributed by atoms with van der Waals surface area (Å²) >= 11 is 6.05. The average Bonchev–Trinajstić information content (AvgIpc) is 3.49. The molecule has 7 nitrogen and oxygen atoms in total. The van der Waals surface area contributed by atoms with Gasteiger partial charge in [0, 0.05) is 10.4 Å². The van der Waals surface area contributed by atoms with Crippen LogP contribution in [0.3, 0.4) is 0 Å². The van der Waals surface area contributed by atoms with E-state index in [1.54, 1.807) is 61.5 Å². The Morgan fingerprint density at radius 1 is 1.09 bits per heavy atom. The molecule has 1 N–H and O–H groups in total. The van der Waals surface area contributed by atoms with E-state index in [2.05, 4.69) is 0 Å². The molecule has 5 rings (SSSR count). The third kappa shape index (κ3) is 3.37. The average molecular weight is 464 g/mol. The zero-order valence-electron chi connectivity index (χ0n) is 17.7. The Hall–Kier alpha value is -3.97. The molecule has 1 aliphatic heterocycles. The molecule has 4 aromatic rings. The third-order valence-corrected chi connectivity index (χ3v) is 5.77.